The molecule has 1 heterocycles. The minimum absolute atomic E-state index is 0.138. The Bertz CT molecular complexity index is 473. The summed E-state index contributed by atoms with van der Waals surface area (Å²) in [5, 5.41) is 0. The molecule has 0 bridgehead atoms. The molecule has 0 radical (unpaired) electrons. The molecule has 2 N–H and O–H groups in total. The molecule has 1 atom stereocenters. The van der Waals surface area contributed by atoms with E-state index in [1.54, 1.807) is 0 Å². The largest absolute Gasteiger partial charge is 0.323 e. The smallest absolute Gasteiger partial charge is 0.0424 e. The summed E-state index contributed by atoms with van der Waals surface area (Å²) in [4.78, 5) is 5.17. The normalized spacial score (nSPS) is 22.4. The van der Waals surface area contributed by atoms with Crippen molar-refractivity contribution in [1.82, 2.24) is 9.80 Å². The molecule has 1 aliphatic carbocycles. The summed E-state index contributed by atoms with van der Waals surface area (Å²) in [7, 11) is 0. The van der Waals surface area contributed by atoms with E-state index in [2.05, 4.69) is 41.8 Å². The van der Waals surface area contributed by atoms with Crippen LogP contribution in [0.25, 0.3) is 0 Å². The summed E-state index contributed by atoms with van der Waals surface area (Å²) >= 11 is 0. The lowest BCUT2D eigenvalue weighted by Gasteiger charge is -2.36. The number of nitrogens with zero attached hydrogens (tertiary/aromatic N) is 2. The zero-order valence-electron chi connectivity index (χ0n) is 13.5. The minimum atomic E-state index is 0.138. The Labute approximate surface area is 129 Å². The quantitative estimate of drug-likeness (QED) is 0.902. The third-order valence-corrected chi connectivity index (χ3v) is 5.09. The van der Waals surface area contributed by atoms with Crippen LogP contribution in [-0.2, 0) is 0 Å². The van der Waals surface area contributed by atoms with Gasteiger partial charge in [0.15, 0.2) is 0 Å². The number of hydrogen-bond acceptors (Lipinski definition) is 3. The van der Waals surface area contributed by atoms with Crippen LogP contribution in [0.2, 0.25) is 0 Å². The second-order valence-corrected chi connectivity index (χ2v) is 6.99. The van der Waals surface area contributed by atoms with Gasteiger partial charge in [0.2, 0.25) is 0 Å². The van der Waals surface area contributed by atoms with Crippen molar-refractivity contribution in [3.63, 3.8) is 0 Å². The average Bonchev–Trinajstić information content (AvgIpc) is 3.28. The molecule has 0 aromatic heterocycles. The van der Waals surface area contributed by atoms with Gasteiger partial charge < -0.3 is 10.6 Å². The Morgan fingerprint density at radius 3 is 2.33 bits per heavy atom. The van der Waals surface area contributed by atoms with Crippen molar-refractivity contribution >= 4 is 0 Å². The molecule has 0 amide bonds. The van der Waals surface area contributed by atoms with Crippen LogP contribution in [0.15, 0.2) is 18.2 Å². The number of hydrogen-bond donors (Lipinski definition) is 1. The molecular formula is C18H29N3. The first-order valence-corrected chi connectivity index (χ1v) is 8.39. The molecule has 1 saturated carbocycles. The van der Waals surface area contributed by atoms with Gasteiger partial charge in [0, 0.05) is 45.3 Å². The third-order valence-electron chi connectivity index (χ3n) is 5.09. The Morgan fingerprint density at radius 1 is 1.05 bits per heavy atom. The second-order valence-electron chi connectivity index (χ2n) is 6.99. The summed E-state index contributed by atoms with van der Waals surface area (Å²) in [6.45, 7) is 11.4. The lowest BCUT2D eigenvalue weighted by Crippen LogP contribution is -2.48. The van der Waals surface area contributed by atoms with Gasteiger partial charge in [-0.3, -0.25) is 4.90 Å². The van der Waals surface area contributed by atoms with Gasteiger partial charge in [-0.25, -0.2) is 0 Å². The zero-order valence-corrected chi connectivity index (χ0v) is 13.5. The highest BCUT2D eigenvalue weighted by Gasteiger charge is 2.26. The molecule has 0 spiro atoms. The summed E-state index contributed by atoms with van der Waals surface area (Å²) in [6, 6.07) is 6.77. The van der Waals surface area contributed by atoms with E-state index in [9.17, 15) is 0 Å². The van der Waals surface area contributed by atoms with Crippen molar-refractivity contribution in [1.29, 1.82) is 0 Å². The molecular weight excluding hydrogens is 258 g/mol. The van der Waals surface area contributed by atoms with Gasteiger partial charge in [0.25, 0.3) is 0 Å². The molecule has 2 fully saturated rings. The highest BCUT2D eigenvalue weighted by molar-refractivity contribution is 5.31. The van der Waals surface area contributed by atoms with E-state index >= 15 is 0 Å². The van der Waals surface area contributed by atoms with Gasteiger partial charge in [0.05, 0.1) is 0 Å². The minimum Gasteiger partial charge on any atom is -0.323 e. The Kier molecular flexibility index (Phi) is 4.63. The van der Waals surface area contributed by atoms with Gasteiger partial charge in [0.1, 0.15) is 0 Å². The standard InChI is InChI=1S/C18H29N3/c1-14-3-6-17(11-15(14)2)18(19)13-21-9-7-20(8-10-21)12-16-4-5-16/h3,6,11,16,18H,4-5,7-10,12-13,19H2,1-2H3. The molecule has 21 heavy (non-hydrogen) atoms. The average molecular weight is 287 g/mol. The van der Waals surface area contributed by atoms with Crippen molar-refractivity contribution in [2.45, 2.75) is 32.7 Å². The van der Waals surface area contributed by atoms with Crippen LogP contribution >= 0.6 is 0 Å². The maximum atomic E-state index is 6.41. The van der Waals surface area contributed by atoms with Crippen LogP contribution in [-0.4, -0.2) is 49.1 Å². The maximum absolute atomic E-state index is 6.41. The fraction of sp³-hybridized carbons (Fsp3) is 0.667. The van der Waals surface area contributed by atoms with Crippen molar-refractivity contribution in [2.24, 2.45) is 11.7 Å². The van der Waals surface area contributed by atoms with Crippen LogP contribution in [0, 0.1) is 19.8 Å². The number of piperazine rings is 1. The topological polar surface area (TPSA) is 32.5 Å². The molecule has 3 nitrogen and oxygen atoms in total. The number of rotatable bonds is 5. The van der Waals surface area contributed by atoms with Crippen molar-refractivity contribution in [2.75, 3.05) is 39.3 Å². The predicted octanol–water partition coefficient (Wildman–Crippen LogP) is 2.33. The van der Waals surface area contributed by atoms with Gasteiger partial charge in [-0.1, -0.05) is 18.2 Å². The van der Waals surface area contributed by atoms with E-state index in [1.165, 1.54) is 62.3 Å². The van der Waals surface area contributed by atoms with Crippen LogP contribution < -0.4 is 5.73 Å². The lowest BCUT2D eigenvalue weighted by molar-refractivity contribution is 0.123. The molecule has 1 aliphatic heterocycles. The number of nitrogens with two attached hydrogens (primary N) is 1. The fourth-order valence-corrected chi connectivity index (χ4v) is 3.20. The molecule has 2 aliphatic rings. The molecule has 3 heteroatoms. The van der Waals surface area contributed by atoms with E-state index in [1.807, 2.05) is 0 Å². The summed E-state index contributed by atoms with van der Waals surface area (Å²) in [5.41, 5.74) is 10.4. The Morgan fingerprint density at radius 2 is 1.71 bits per heavy atom. The van der Waals surface area contributed by atoms with E-state index in [0.29, 0.717) is 0 Å². The third kappa shape index (κ3) is 4.06. The van der Waals surface area contributed by atoms with Crippen LogP contribution in [0.3, 0.4) is 0 Å². The monoisotopic (exact) mass is 287 g/mol. The zero-order chi connectivity index (χ0) is 14.8. The van der Waals surface area contributed by atoms with E-state index in [-0.39, 0.29) is 6.04 Å². The SMILES string of the molecule is Cc1ccc(C(N)CN2CCN(CC3CC3)CC2)cc1C. The predicted molar refractivity (Wildman–Crippen MR) is 88.4 cm³/mol. The highest BCUT2D eigenvalue weighted by Crippen LogP contribution is 2.30. The summed E-state index contributed by atoms with van der Waals surface area (Å²) in [6.07, 6.45) is 2.91. The number of benzene rings is 1. The molecule has 1 aromatic carbocycles. The van der Waals surface area contributed by atoms with E-state index in [4.69, 9.17) is 5.73 Å². The van der Waals surface area contributed by atoms with Crippen LogP contribution in [0.1, 0.15) is 35.6 Å². The summed E-state index contributed by atoms with van der Waals surface area (Å²) in [5.74, 6) is 1.01. The first kappa shape index (κ1) is 15.0. The van der Waals surface area contributed by atoms with Crippen LogP contribution in [0.5, 0.6) is 0 Å². The first-order chi connectivity index (χ1) is 10.1. The number of aryl methyl sites for hydroxylation is 2. The van der Waals surface area contributed by atoms with E-state index in [0.717, 1.165) is 12.5 Å². The molecule has 116 valence electrons. The molecule has 1 unspecified atom stereocenters. The Balaban J connectivity index is 1.48. The second kappa shape index (κ2) is 6.47. The van der Waals surface area contributed by atoms with E-state index < -0.39 is 0 Å². The van der Waals surface area contributed by atoms with Gasteiger partial charge >= 0.3 is 0 Å². The summed E-state index contributed by atoms with van der Waals surface area (Å²) < 4.78 is 0. The van der Waals surface area contributed by atoms with Crippen molar-refractivity contribution < 1.29 is 0 Å². The first-order valence-electron chi connectivity index (χ1n) is 8.39. The molecule has 1 saturated heterocycles. The van der Waals surface area contributed by atoms with Gasteiger partial charge in [-0.05, 0) is 49.3 Å². The lowest BCUT2D eigenvalue weighted by atomic mass is 10.0. The highest BCUT2D eigenvalue weighted by atomic mass is 15.3. The maximum Gasteiger partial charge on any atom is 0.0424 e. The van der Waals surface area contributed by atoms with Gasteiger partial charge in [-0.15, -0.1) is 0 Å². The fourth-order valence-electron chi connectivity index (χ4n) is 3.20. The van der Waals surface area contributed by atoms with Crippen LogP contribution in [0.4, 0.5) is 0 Å². The molecule has 1 aromatic rings. The van der Waals surface area contributed by atoms with Crippen molar-refractivity contribution in [3.05, 3.63) is 34.9 Å². The molecule has 3 rings (SSSR count). The van der Waals surface area contributed by atoms with Crippen molar-refractivity contribution in [3.8, 4) is 0 Å². The van der Waals surface area contributed by atoms with Gasteiger partial charge in [-0.2, -0.15) is 0 Å². The Hall–Kier alpha value is -0.900.